The molecule has 0 bridgehead atoms. The number of allylic oxidation sites excluding steroid dienone is 2. The van der Waals surface area contributed by atoms with E-state index in [2.05, 4.69) is 5.92 Å². The number of hydrogen-bond donors (Lipinski definition) is 4. The van der Waals surface area contributed by atoms with Gasteiger partial charge in [0.2, 0.25) is 0 Å². The van der Waals surface area contributed by atoms with Crippen LogP contribution in [-0.4, -0.2) is 27.0 Å². The van der Waals surface area contributed by atoms with Crippen molar-refractivity contribution in [3.8, 4) is 12.0 Å². The van der Waals surface area contributed by atoms with Crippen molar-refractivity contribution in [1.82, 2.24) is 0 Å². The first kappa shape index (κ1) is 49.6. The molecule has 0 aromatic heterocycles. The zero-order valence-electron chi connectivity index (χ0n) is 12.8. The molecule has 0 aliphatic carbocycles. The van der Waals surface area contributed by atoms with Crippen molar-refractivity contribution in [3.63, 3.8) is 0 Å². The zero-order valence-corrected chi connectivity index (χ0v) is 31.8. The molecule has 0 heterocycles. The standard InChI is InChI=1S/C3H8O.2C3H6O.C3H4O.4Ac/c4*1-2-3-4;;;;/h4H,2-3H2,1H3;2*2-4H,1H3;4H,1H3;;;;/b;3-2+;3-2-;;;;;. The normalized spacial score (nSPS) is 5.85. The van der Waals surface area contributed by atoms with E-state index in [9.17, 15) is 0 Å². The summed E-state index contributed by atoms with van der Waals surface area (Å²) < 4.78 is 0. The van der Waals surface area contributed by atoms with E-state index >= 15 is 0 Å². The number of aliphatic hydroxyl groups is 4. The third kappa shape index (κ3) is 149. The predicted octanol–water partition coefficient (Wildman–Crippen LogP) is 2.88. The van der Waals surface area contributed by atoms with Crippen molar-refractivity contribution in [3.05, 3.63) is 24.7 Å². The van der Waals surface area contributed by atoms with Crippen LogP contribution in [0.3, 0.4) is 0 Å². The molecular formula is C12H24Ac4O4. The Morgan fingerprint density at radius 2 is 1.05 bits per heavy atom. The molecule has 0 rings (SSSR count). The Morgan fingerprint density at radius 3 is 1.05 bits per heavy atom. The van der Waals surface area contributed by atoms with E-state index in [0.717, 1.165) is 18.9 Å². The van der Waals surface area contributed by atoms with Gasteiger partial charge in [-0.25, -0.2) is 0 Å². The van der Waals surface area contributed by atoms with Crippen LogP contribution in [-0.2, 0) is 0 Å². The van der Waals surface area contributed by atoms with Gasteiger partial charge in [-0.15, -0.1) is 0 Å². The summed E-state index contributed by atoms with van der Waals surface area (Å²) >= 11 is 0. The van der Waals surface area contributed by atoms with Crippen molar-refractivity contribution >= 4 is 0 Å². The van der Waals surface area contributed by atoms with Crippen LogP contribution in [0, 0.1) is 188 Å². The average Bonchev–Trinajstić information content (AvgIpc) is 2.39. The molecular weight excluding hydrogens is 1120 g/mol. The van der Waals surface area contributed by atoms with Crippen molar-refractivity contribution in [2.75, 3.05) is 6.61 Å². The second-order valence-corrected chi connectivity index (χ2v) is 2.05. The fourth-order valence-corrected chi connectivity index (χ4v) is 0. The van der Waals surface area contributed by atoms with E-state index in [1.165, 1.54) is 0 Å². The summed E-state index contributed by atoms with van der Waals surface area (Å²) in [5.74, 6) is 2.24. The fraction of sp³-hybridized carbons (Fsp3) is 0.500. The third-order valence-corrected chi connectivity index (χ3v) is 0.634. The number of aliphatic hydroxyl groups excluding tert-OH is 4. The van der Waals surface area contributed by atoms with Gasteiger partial charge in [0.05, 0.1) is 12.5 Å². The van der Waals surface area contributed by atoms with Gasteiger partial charge in [-0.1, -0.05) is 25.0 Å². The Hall–Kier alpha value is 4.17. The van der Waals surface area contributed by atoms with Gasteiger partial charge in [-0.05, 0) is 20.3 Å². The Balaban J connectivity index is -0.0000000150. The Labute approximate surface area is 267 Å². The van der Waals surface area contributed by atoms with Crippen LogP contribution < -0.4 is 0 Å². The largest absolute Gasteiger partial charge is 0.516 e. The second kappa shape index (κ2) is 76.9. The maximum Gasteiger partial charge on any atom is 0.107 e. The minimum Gasteiger partial charge on any atom is -0.516 e. The van der Waals surface area contributed by atoms with Crippen molar-refractivity contribution < 1.29 is 197 Å². The molecule has 0 aliphatic heterocycles. The zero-order chi connectivity index (χ0) is 13.7. The summed E-state index contributed by atoms with van der Waals surface area (Å²) in [5, 5.41) is 30.8. The van der Waals surface area contributed by atoms with Crippen LogP contribution in [0.4, 0.5) is 0 Å². The molecule has 0 aliphatic rings. The summed E-state index contributed by atoms with van der Waals surface area (Å²) in [7, 11) is 0. The molecule has 108 valence electrons. The maximum absolute atomic E-state index is 7.88. The van der Waals surface area contributed by atoms with Gasteiger partial charge < -0.3 is 20.4 Å². The van der Waals surface area contributed by atoms with E-state index in [4.69, 9.17) is 20.4 Å². The molecule has 20 heavy (non-hydrogen) atoms. The van der Waals surface area contributed by atoms with Gasteiger partial charge in [0.15, 0.2) is 0 Å². The SMILES string of the molecule is C/C=C/O.C/C=C\O.CC#CO.CCCO.[Ac].[Ac].[Ac].[Ac]. The summed E-state index contributed by atoms with van der Waals surface area (Å²) in [5.41, 5.74) is 0. The number of hydrogen-bond acceptors (Lipinski definition) is 4. The molecule has 0 saturated heterocycles. The first-order chi connectivity index (χ1) is 7.66. The molecule has 0 fully saturated rings. The van der Waals surface area contributed by atoms with Gasteiger partial charge in [-0.3, -0.25) is 0 Å². The maximum atomic E-state index is 7.88. The summed E-state index contributed by atoms with van der Waals surface area (Å²) in [6, 6.07) is 0. The van der Waals surface area contributed by atoms with E-state index in [-0.39, 0.29) is 176 Å². The smallest absolute Gasteiger partial charge is 0.107 e. The monoisotopic (exact) mass is 1140 g/mol. The summed E-state index contributed by atoms with van der Waals surface area (Å²) in [6.45, 7) is 7.32. The first-order valence-electron chi connectivity index (χ1n) is 4.83. The van der Waals surface area contributed by atoms with Crippen molar-refractivity contribution in [2.24, 2.45) is 0 Å². The van der Waals surface area contributed by atoms with Crippen LogP contribution in [0.15, 0.2) is 24.7 Å². The van der Waals surface area contributed by atoms with Crippen molar-refractivity contribution in [1.29, 1.82) is 0 Å². The molecule has 4 nitrogen and oxygen atoms in total. The van der Waals surface area contributed by atoms with Crippen LogP contribution in [0.1, 0.15) is 34.1 Å². The molecule has 0 amide bonds. The first-order valence-corrected chi connectivity index (χ1v) is 4.83. The average molecular weight is 1140 g/mol. The molecule has 0 aromatic rings. The number of rotatable bonds is 1. The van der Waals surface area contributed by atoms with Gasteiger partial charge in [-0.2, -0.15) is 0 Å². The Morgan fingerprint density at radius 1 is 0.900 bits per heavy atom. The van der Waals surface area contributed by atoms with E-state index < -0.39 is 0 Å². The third-order valence-electron chi connectivity index (χ3n) is 0.634. The van der Waals surface area contributed by atoms with Crippen molar-refractivity contribution in [2.45, 2.75) is 34.1 Å². The minimum atomic E-state index is 0. The van der Waals surface area contributed by atoms with Crippen LogP contribution in [0.25, 0.3) is 0 Å². The molecule has 0 saturated carbocycles. The van der Waals surface area contributed by atoms with E-state index in [1.54, 1.807) is 39.0 Å². The Kier molecular flexibility index (Phi) is 191. The fourth-order valence-electron chi connectivity index (χ4n) is 0. The molecule has 0 atom stereocenters. The van der Waals surface area contributed by atoms with Crippen LogP contribution >= 0.6 is 0 Å². The topological polar surface area (TPSA) is 80.9 Å². The van der Waals surface area contributed by atoms with E-state index in [1.807, 2.05) is 6.92 Å². The van der Waals surface area contributed by atoms with Gasteiger partial charge in [0.1, 0.15) is 6.11 Å². The summed E-state index contributed by atoms with van der Waals surface area (Å²) in [4.78, 5) is 0. The van der Waals surface area contributed by atoms with Crippen LogP contribution in [0.5, 0.6) is 0 Å². The van der Waals surface area contributed by atoms with E-state index in [0.29, 0.717) is 6.61 Å². The summed E-state index contributed by atoms with van der Waals surface area (Å²) in [6.07, 6.45) is 7.67. The molecule has 8 heteroatoms. The van der Waals surface area contributed by atoms with Gasteiger partial charge in [0.25, 0.3) is 0 Å². The van der Waals surface area contributed by atoms with Gasteiger partial charge >= 0.3 is 0 Å². The molecule has 0 aromatic carbocycles. The molecule has 4 radical (unpaired) electrons. The second-order valence-electron chi connectivity index (χ2n) is 2.05. The molecule has 0 spiro atoms. The predicted molar refractivity (Wildman–Crippen MR) is 67.6 cm³/mol. The Bertz CT molecular complexity index is 164. The molecule has 4 N–H and O–H groups in total. The quantitative estimate of drug-likeness (QED) is 0.241. The molecule has 0 unspecified atom stereocenters. The van der Waals surface area contributed by atoms with Gasteiger partial charge in [0, 0.05) is 190 Å². The van der Waals surface area contributed by atoms with Crippen LogP contribution in [0.2, 0.25) is 0 Å². The minimum absolute atomic E-state index is 0.